The summed E-state index contributed by atoms with van der Waals surface area (Å²) in [5.41, 5.74) is 2.19. The second-order valence-corrected chi connectivity index (χ2v) is 9.53. The average Bonchev–Trinajstić information content (AvgIpc) is 3.40. The molecule has 0 bridgehead atoms. The van der Waals surface area contributed by atoms with Crippen molar-refractivity contribution < 1.29 is 18.0 Å². The molecule has 2 fully saturated rings. The Labute approximate surface area is 174 Å². The SMILES string of the molecule is Cc1ccc(CN2CC(C(=O)N3CCN(S(=O)(=O)c4ncn[nH]4)CC3)CC2=O)cc1. The van der Waals surface area contributed by atoms with E-state index >= 15 is 0 Å². The fourth-order valence-corrected chi connectivity index (χ4v) is 5.09. The van der Waals surface area contributed by atoms with E-state index in [-0.39, 0.29) is 55.5 Å². The van der Waals surface area contributed by atoms with Gasteiger partial charge in [0.05, 0.1) is 5.92 Å². The molecule has 10 nitrogen and oxygen atoms in total. The molecule has 0 spiro atoms. The number of hydrogen-bond acceptors (Lipinski definition) is 6. The molecular weight excluding hydrogens is 408 g/mol. The Morgan fingerprint density at radius 1 is 1.17 bits per heavy atom. The lowest BCUT2D eigenvalue weighted by molar-refractivity contribution is -0.137. The first-order valence-electron chi connectivity index (χ1n) is 9.82. The van der Waals surface area contributed by atoms with Crippen LogP contribution in [0.1, 0.15) is 17.5 Å². The number of sulfonamides is 1. The first kappa shape index (κ1) is 20.5. The minimum Gasteiger partial charge on any atom is -0.340 e. The van der Waals surface area contributed by atoms with E-state index in [9.17, 15) is 18.0 Å². The van der Waals surface area contributed by atoms with Gasteiger partial charge in [0.1, 0.15) is 6.33 Å². The summed E-state index contributed by atoms with van der Waals surface area (Å²) in [6.07, 6.45) is 1.34. The number of rotatable bonds is 5. The maximum Gasteiger partial charge on any atom is 0.278 e. The third-order valence-electron chi connectivity index (χ3n) is 5.59. The molecule has 1 aromatic heterocycles. The highest BCUT2D eigenvalue weighted by atomic mass is 32.2. The third kappa shape index (κ3) is 4.08. The van der Waals surface area contributed by atoms with E-state index < -0.39 is 10.0 Å². The molecule has 30 heavy (non-hydrogen) atoms. The first-order valence-corrected chi connectivity index (χ1v) is 11.3. The van der Waals surface area contributed by atoms with Crippen molar-refractivity contribution in [1.29, 1.82) is 0 Å². The average molecular weight is 433 g/mol. The second kappa shape index (κ2) is 8.15. The minimum absolute atomic E-state index is 0.0274. The lowest BCUT2D eigenvalue weighted by Crippen LogP contribution is -2.52. The molecule has 0 radical (unpaired) electrons. The monoisotopic (exact) mass is 432 g/mol. The van der Waals surface area contributed by atoms with Gasteiger partial charge in [-0.15, -0.1) is 0 Å². The molecule has 160 valence electrons. The van der Waals surface area contributed by atoms with Gasteiger partial charge in [-0.2, -0.15) is 9.40 Å². The highest BCUT2D eigenvalue weighted by Gasteiger charge is 2.38. The number of benzene rings is 1. The van der Waals surface area contributed by atoms with Gasteiger partial charge in [-0.05, 0) is 12.5 Å². The standard InChI is InChI=1S/C19H24N6O4S/c1-14-2-4-15(5-3-14)11-24-12-16(10-17(24)26)18(27)23-6-8-25(9-7-23)30(28,29)19-20-13-21-22-19/h2-5,13,16H,6-12H2,1H3,(H,20,21,22). The van der Waals surface area contributed by atoms with Crippen molar-refractivity contribution in [2.24, 2.45) is 5.92 Å². The summed E-state index contributed by atoms with van der Waals surface area (Å²) in [4.78, 5) is 32.4. The summed E-state index contributed by atoms with van der Waals surface area (Å²) >= 11 is 0. The van der Waals surface area contributed by atoms with Gasteiger partial charge in [-0.3, -0.25) is 9.59 Å². The number of nitrogens with zero attached hydrogens (tertiary/aromatic N) is 5. The molecule has 1 unspecified atom stereocenters. The largest absolute Gasteiger partial charge is 0.340 e. The van der Waals surface area contributed by atoms with E-state index in [0.29, 0.717) is 13.1 Å². The number of aromatic amines is 1. The van der Waals surface area contributed by atoms with Crippen molar-refractivity contribution in [3.63, 3.8) is 0 Å². The Hall–Kier alpha value is -2.79. The number of carbonyl (C=O) groups excluding carboxylic acids is 2. The Balaban J connectivity index is 1.33. The second-order valence-electron chi connectivity index (χ2n) is 7.68. The van der Waals surface area contributed by atoms with Crippen molar-refractivity contribution in [2.45, 2.75) is 25.0 Å². The number of nitrogens with one attached hydrogen (secondary N) is 1. The number of piperazine rings is 1. The highest BCUT2D eigenvalue weighted by Crippen LogP contribution is 2.23. The zero-order valence-electron chi connectivity index (χ0n) is 16.7. The summed E-state index contributed by atoms with van der Waals surface area (Å²) < 4.78 is 26.3. The van der Waals surface area contributed by atoms with Crippen LogP contribution in [0.3, 0.4) is 0 Å². The summed E-state index contributed by atoms with van der Waals surface area (Å²) in [7, 11) is -3.74. The van der Waals surface area contributed by atoms with E-state index in [2.05, 4.69) is 15.2 Å². The number of aromatic nitrogens is 3. The number of aryl methyl sites for hydroxylation is 1. The predicted molar refractivity (Wildman–Crippen MR) is 106 cm³/mol. The summed E-state index contributed by atoms with van der Waals surface area (Å²) in [6.45, 7) is 3.83. The van der Waals surface area contributed by atoms with Crippen LogP contribution < -0.4 is 0 Å². The van der Waals surface area contributed by atoms with Crippen LogP contribution in [-0.2, 0) is 26.2 Å². The van der Waals surface area contributed by atoms with E-state index in [1.54, 1.807) is 9.80 Å². The summed E-state index contributed by atoms with van der Waals surface area (Å²) in [5, 5.41) is 5.76. The molecule has 0 saturated carbocycles. The Morgan fingerprint density at radius 3 is 2.50 bits per heavy atom. The fourth-order valence-electron chi connectivity index (χ4n) is 3.85. The van der Waals surface area contributed by atoms with Gasteiger partial charge in [-0.25, -0.2) is 18.5 Å². The smallest absolute Gasteiger partial charge is 0.278 e. The molecule has 4 rings (SSSR count). The number of likely N-dealkylation sites (tertiary alicyclic amines) is 1. The van der Waals surface area contributed by atoms with Crippen LogP contribution >= 0.6 is 0 Å². The zero-order chi connectivity index (χ0) is 21.3. The van der Waals surface area contributed by atoms with Gasteiger partial charge in [0.2, 0.25) is 11.8 Å². The lowest BCUT2D eigenvalue weighted by Gasteiger charge is -2.34. The van der Waals surface area contributed by atoms with Crippen molar-refractivity contribution >= 4 is 21.8 Å². The molecule has 1 atom stereocenters. The molecule has 2 aliphatic rings. The molecule has 0 aliphatic carbocycles. The molecule has 2 amide bonds. The maximum atomic E-state index is 12.9. The topological polar surface area (TPSA) is 120 Å². The molecule has 2 aliphatic heterocycles. The van der Waals surface area contributed by atoms with Gasteiger partial charge in [0.15, 0.2) is 0 Å². The Morgan fingerprint density at radius 2 is 1.87 bits per heavy atom. The molecule has 1 N–H and O–H groups in total. The van der Waals surface area contributed by atoms with Gasteiger partial charge in [0.25, 0.3) is 15.2 Å². The number of amides is 2. The van der Waals surface area contributed by atoms with Crippen LogP contribution in [0.25, 0.3) is 0 Å². The van der Waals surface area contributed by atoms with Crippen LogP contribution in [0.2, 0.25) is 0 Å². The molecule has 2 saturated heterocycles. The van der Waals surface area contributed by atoms with Crippen LogP contribution in [0.5, 0.6) is 0 Å². The van der Waals surface area contributed by atoms with Crippen molar-refractivity contribution in [2.75, 3.05) is 32.7 Å². The minimum atomic E-state index is -3.74. The van der Waals surface area contributed by atoms with Gasteiger partial charge in [0, 0.05) is 45.7 Å². The van der Waals surface area contributed by atoms with Crippen molar-refractivity contribution in [1.82, 2.24) is 29.3 Å². The van der Waals surface area contributed by atoms with Crippen molar-refractivity contribution in [3.8, 4) is 0 Å². The van der Waals surface area contributed by atoms with Crippen LogP contribution in [0.15, 0.2) is 35.7 Å². The van der Waals surface area contributed by atoms with E-state index in [0.717, 1.165) is 17.5 Å². The van der Waals surface area contributed by atoms with Gasteiger partial charge >= 0.3 is 0 Å². The fraction of sp³-hybridized carbons (Fsp3) is 0.474. The number of H-pyrrole nitrogens is 1. The quantitative estimate of drug-likeness (QED) is 0.710. The first-order chi connectivity index (χ1) is 14.3. The third-order valence-corrected chi connectivity index (χ3v) is 7.32. The summed E-state index contributed by atoms with van der Waals surface area (Å²) in [6, 6.07) is 7.99. The highest BCUT2D eigenvalue weighted by molar-refractivity contribution is 7.88. The molecule has 11 heteroatoms. The van der Waals surface area contributed by atoms with Gasteiger partial charge < -0.3 is 9.80 Å². The molecule has 2 aromatic rings. The van der Waals surface area contributed by atoms with Crippen LogP contribution in [-0.4, -0.2) is 82.2 Å². The molecular formula is C19H24N6O4S. The molecule has 3 heterocycles. The number of hydrogen-bond donors (Lipinski definition) is 1. The summed E-state index contributed by atoms with van der Waals surface area (Å²) in [5.74, 6) is -0.507. The Kier molecular flexibility index (Phi) is 5.56. The lowest BCUT2D eigenvalue weighted by atomic mass is 10.1. The van der Waals surface area contributed by atoms with E-state index in [1.807, 2.05) is 31.2 Å². The van der Waals surface area contributed by atoms with Crippen LogP contribution in [0.4, 0.5) is 0 Å². The zero-order valence-corrected chi connectivity index (χ0v) is 17.5. The van der Waals surface area contributed by atoms with E-state index in [1.165, 1.54) is 4.31 Å². The van der Waals surface area contributed by atoms with E-state index in [4.69, 9.17) is 0 Å². The van der Waals surface area contributed by atoms with Crippen molar-refractivity contribution in [3.05, 3.63) is 41.7 Å². The predicted octanol–water partition coefficient (Wildman–Crippen LogP) is -0.00528. The molecule has 1 aromatic carbocycles. The van der Waals surface area contributed by atoms with Crippen LogP contribution in [0, 0.1) is 12.8 Å². The Bertz CT molecular complexity index is 1010. The number of carbonyl (C=O) groups is 2. The maximum absolute atomic E-state index is 12.9. The van der Waals surface area contributed by atoms with Gasteiger partial charge in [-0.1, -0.05) is 29.8 Å². The normalized spacial score (nSPS) is 20.7.